The van der Waals surface area contributed by atoms with E-state index in [1.807, 2.05) is 12.1 Å². The molecule has 5 heteroatoms. The van der Waals surface area contributed by atoms with Crippen LogP contribution < -0.4 is 14.8 Å². The Morgan fingerprint density at radius 2 is 1.97 bits per heavy atom. The van der Waals surface area contributed by atoms with Gasteiger partial charge in [0.25, 0.3) is 0 Å². The van der Waals surface area contributed by atoms with Crippen molar-refractivity contribution in [3.8, 4) is 11.5 Å². The fourth-order valence-corrected chi connectivity index (χ4v) is 5.13. The summed E-state index contributed by atoms with van der Waals surface area (Å²) < 4.78 is 17.9. The number of hydrogen-bond acceptors (Lipinski definition) is 5. The van der Waals surface area contributed by atoms with Gasteiger partial charge in [-0.1, -0.05) is 18.2 Å². The van der Waals surface area contributed by atoms with Gasteiger partial charge in [0.05, 0.1) is 13.2 Å². The molecule has 1 aliphatic carbocycles. The molecule has 2 aromatic carbocycles. The van der Waals surface area contributed by atoms with E-state index in [0.717, 1.165) is 67.3 Å². The number of rotatable bonds is 6. The highest BCUT2D eigenvalue weighted by atomic mass is 16.5. The van der Waals surface area contributed by atoms with Crippen molar-refractivity contribution in [2.45, 2.75) is 57.5 Å². The number of nitrogens with zero attached hydrogens (tertiary/aromatic N) is 1. The predicted octanol–water partition coefficient (Wildman–Crippen LogP) is 5.40. The Labute approximate surface area is 184 Å². The van der Waals surface area contributed by atoms with Gasteiger partial charge >= 0.3 is 0 Å². The van der Waals surface area contributed by atoms with E-state index in [1.165, 1.54) is 24.0 Å². The zero-order valence-corrected chi connectivity index (χ0v) is 18.5. The second-order valence-electron chi connectivity index (χ2n) is 9.12. The largest absolute Gasteiger partial charge is 0.493 e. The first-order valence-electron chi connectivity index (χ1n) is 11.6. The maximum atomic E-state index is 6.33. The van der Waals surface area contributed by atoms with Crippen LogP contribution in [0.2, 0.25) is 0 Å². The molecule has 0 amide bonds. The number of benzene rings is 2. The number of ether oxygens (including phenoxy) is 2. The van der Waals surface area contributed by atoms with Crippen molar-refractivity contribution in [3.63, 3.8) is 0 Å². The first-order valence-corrected chi connectivity index (χ1v) is 11.6. The van der Waals surface area contributed by atoms with Gasteiger partial charge in [-0.2, -0.15) is 0 Å². The van der Waals surface area contributed by atoms with Crippen LogP contribution in [0.15, 0.2) is 40.8 Å². The van der Waals surface area contributed by atoms with Crippen molar-refractivity contribution in [2.75, 3.05) is 20.2 Å². The summed E-state index contributed by atoms with van der Waals surface area (Å²) >= 11 is 0. The van der Waals surface area contributed by atoms with Crippen molar-refractivity contribution < 1.29 is 13.9 Å². The van der Waals surface area contributed by atoms with Crippen LogP contribution in [0.4, 0.5) is 0 Å². The molecular formula is C26H32N2O3. The van der Waals surface area contributed by atoms with Crippen molar-refractivity contribution in [1.82, 2.24) is 10.3 Å². The molecule has 2 heterocycles. The van der Waals surface area contributed by atoms with E-state index >= 15 is 0 Å². The van der Waals surface area contributed by atoms with Crippen LogP contribution in [0.3, 0.4) is 0 Å². The number of aryl methyl sites for hydroxylation is 1. The summed E-state index contributed by atoms with van der Waals surface area (Å²) in [6.45, 7) is 4.07. The molecule has 0 spiro atoms. The lowest BCUT2D eigenvalue weighted by atomic mass is 9.84. The van der Waals surface area contributed by atoms with Gasteiger partial charge in [0.15, 0.2) is 23.0 Å². The predicted molar refractivity (Wildman–Crippen MR) is 122 cm³/mol. The van der Waals surface area contributed by atoms with E-state index < -0.39 is 0 Å². The summed E-state index contributed by atoms with van der Waals surface area (Å²) in [5.41, 5.74) is 4.36. The van der Waals surface area contributed by atoms with E-state index in [0.29, 0.717) is 17.9 Å². The molecule has 1 saturated heterocycles. The van der Waals surface area contributed by atoms with Crippen LogP contribution >= 0.6 is 0 Å². The summed E-state index contributed by atoms with van der Waals surface area (Å²) in [4.78, 5) is 4.77. The number of hydrogen-bond donors (Lipinski definition) is 1. The van der Waals surface area contributed by atoms with Crippen LogP contribution in [0.5, 0.6) is 11.5 Å². The minimum atomic E-state index is 0.323. The lowest BCUT2D eigenvalue weighted by molar-refractivity contribution is 0.200. The van der Waals surface area contributed by atoms with Crippen molar-refractivity contribution in [1.29, 1.82) is 0 Å². The molecule has 5 rings (SSSR count). The molecule has 164 valence electrons. The number of piperidine rings is 1. The molecule has 0 unspecified atom stereocenters. The Hall–Kier alpha value is -2.53. The summed E-state index contributed by atoms with van der Waals surface area (Å²) in [5.74, 6) is 3.51. The highest BCUT2D eigenvalue weighted by Crippen LogP contribution is 2.37. The molecule has 0 radical (unpaired) electrons. The first kappa shape index (κ1) is 20.4. The summed E-state index contributed by atoms with van der Waals surface area (Å²) in [6, 6.07) is 12.6. The Morgan fingerprint density at radius 1 is 1.10 bits per heavy atom. The standard InChI is InChI=1S/C26H32N2O3/c1-17-6-5-9-23-26(17)28-25(31-23)13-18-12-20(16-27-15-18)19-10-11-22(29-2)24(14-19)30-21-7-3-4-8-21/h5-6,9-11,14,18,20-21,27H,3-4,7-8,12-13,15-16H2,1-2H3/t18-,20-/m1/s1. The van der Waals surface area contributed by atoms with Gasteiger partial charge in [-0.25, -0.2) is 4.98 Å². The summed E-state index contributed by atoms with van der Waals surface area (Å²) in [7, 11) is 1.72. The number of fused-ring (bicyclic) bond motifs is 1. The number of nitrogens with one attached hydrogen (secondary N) is 1. The molecule has 2 aliphatic rings. The van der Waals surface area contributed by atoms with Crippen LogP contribution in [-0.4, -0.2) is 31.3 Å². The smallest absolute Gasteiger partial charge is 0.195 e. The fourth-order valence-electron chi connectivity index (χ4n) is 5.13. The lowest BCUT2D eigenvalue weighted by Gasteiger charge is -2.30. The lowest BCUT2D eigenvalue weighted by Crippen LogP contribution is -2.36. The molecule has 3 aromatic rings. The highest BCUT2D eigenvalue weighted by Gasteiger charge is 2.26. The van der Waals surface area contributed by atoms with Gasteiger partial charge in [-0.05, 0) is 86.7 Å². The molecule has 1 aromatic heterocycles. The molecule has 0 bridgehead atoms. The normalized spacial score (nSPS) is 22.1. The minimum Gasteiger partial charge on any atom is -0.493 e. The zero-order valence-electron chi connectivity index (χ0n) is 18.5. The molecule has 1 saturated carbocycles. The van der Waals surface area contributed by atoms with Gasteiger partial charge in [-0.15, -0.1) is 0 Å². The fraction of sp³-hybridized carbons (Fsp3) is 0.500. The second-order valence-corrected chi connectivity index (χ2v) is 9.12. The number of para-hydroxylation sites is 1. The van der Waals surface area contributed by atoms with E-state index in [-0.39, 0.29) is 0 Å². The van der Waals surface area contributed by atoms with E-state index in [2.05, 4.69) is 36.5 Å². The number of methoxy groups -OCH3 is 1. The Kier molecular flexibility index (Phi) is 5.86. The number of aromatic nitrogens is 1. The molecular weight excluding hydrogens is 388 g/mol. The van der Waals surface area contributed by atoms with E-state index in [1.54, 1.807) is 7.11 Å². The maximum absolute atomic E-state index is 6.33. The van der Waals surface area contributed by atoms with Gasteiger partial charge < -0.3 is 19.2 Å². The number of oxazole rings is 1. The van der Waals surface area contributed by atoms with Crippen molar-refractivity contribution in [2.24, 2.45) is 5.92 Å². The zero-order chi connectivity index (χ0) is 21.2. The van der Waals surface area contributed by atoms with Gasteiger partial charge in [0, 0.05) is 13.0 Å². The Balaban J connectivity index is 1.30. The Bertz CT molecular complexity index is 1040. The van der Waals surface area contributed by atoms with Crippen LogP contribution in [0.25, 0.3) is 11.1 Å². The molecule has 2 atom stereocenters. The third-order valence-electron chi connectivity index (χ3n) is 6.82. The summed E-state index contributed by atoms with van der Waals surface area (Å²) in [6.07, 6.45) is 7.10. The summed E-state index contributed by atoms with van der Waals surface area (Å²) in [5, 5.41) is 3.63. The topological polar surface area (TPSA) is 56.5 Å². The van der Waals surface area contributed by atoms with Gasteiger partial charge in [-0.3, -0.25) is 0 Å². The molecule has 5 nitrogen and oxygen atoms in total. The highest BCUT2D eigenvalue weighted by molar-refractivity contribution is 5.76. The minimum absolute atomic E-state index is 0.323. The van der Waals surface area contributed by atoms with Crippen molar-refractivity contribution >= 4 is 11.1 Å². The van der Waals surface area contributed by atoms with Crippen LogP contribution in [-0.2, 0) is 6.42 Å². The Morgan fingerprint density at radius 3 is 2.77 bits per heavy atom. The SMILES string of the molecule is COc1ccc([C@H]2CNC[C@@H](Cc3nc4c(C)cccc4o3)C2)cc1OC1CCCC1. The molecule has 1 aliphatic heterocycles. The monoisotopic (exact) mass is 420 g/mol. The van der Waals surface area contributed by atoms with Crippen molar-refractivity contribution in [3.05, 3.63) is 53.4 Å². The third-order valence-corrected chi connectivity index (χ3v) is 6.82. The average molecular weight is 421 g/mol. The van der Waals surface area contributed by atoms with E-state index in [4.69, 9.17) is 18.9 Å². The molecule has 1 N–H and O–H groups in total. The van der Waals surface area contributed by atoms with Crippen LogP contribution in [0, 0.1) is 12.8 Å². The molecule has 2 fully saturated rings. The van der Waals surface area contributed by atoms with Gasteiger partial charge in [0.1, 0.15) is 5.52 Å². The molecule has 31 heavy (non-hydrogen) atoms. The average Bonchev–Trinajstić information content (AvgIpc) is 3.44. The first-order chi connectivity index (χ1) is 15.2. The maximum Gasteiger partial charge on any atom is 0.195 e. The second kappa shape index (κ2) is 8.91. The quantitative estimate of drug-likeness (QED) is 0.578. The third kappa shape index (κ3) is 4.42. The van der Waals surface area contributed by atoms with Gasteiger partial charge in [0.2, 0.25) is 0 Å². The van der Waals surface area contributed by atoms with E-state index in [9.17, 15) is 0 Å². The van der Waals surface area contributed by atoms with Crippen LogP contribution in [0.1, 0.15) is 55.0 Å².